The maximum Gasteiger partial charge on any atom is 0.323 e. The fraction of sp³-hybridized carbons (Fsp3) is 0.212. The van der Waals surface area contributed by atoms with Crippen molar-refractivity contribution in [3.63, 3.8) is 0 Å². The average Bonchev–Trinajstić information content (AvgIpc) is 2.96. The van der Waals surface area contributed by atoms with Crippen LogP contribution in [0.1, 0.15) is 47.9 Å². The average molecular weight is 553 g/mol. The summed E-state index contributed by atoms with van der Waals surface area (Å²) in [6.07, 6.45) is -0.731. The molecule has 4 aromatic rings. The number of ether oxygens (including phenoxy) is 2. The van der Waals surface area contributed by atoms with Gasteiger partial charge in [-0.05, 0) is 61.2 Å². The van der Waals surface area contributed by atoms with Gasteiger partial charge in [0.15, 0.2) is 6.23 Å². The smallest absolute Gasteiger partial charge is 0.323 e. The lowest BCUT2D eigenvalue weighted by molar-refractivity contribution is -0.159. The first-order chi connectivity index (χ1) is 19.2. The van der Waals surface area contributed by atoms with Gasteiger partial charge >= 0.3 is 5.97 Å². The van der Waals surface area contributed by atoms with E-state index < -0.39 is 17.7 Å². The van der Waals surface area contributed by atoms with Crippen molar-refractivity contribution in [2.75, 3.05) is 0 Å². The second-order valence-electron chi connectivity index (χ2n) is 10.3. The van der Waals surface area contributed by atoms with Crippen LogP contribution in [-0.4, -0.2) is 21.5 Å². The Bertz CT molecular complexity index is 1610. The van der Waals surface area contributed by atoms with Crippen LogP contribution < -0.4 is 9.47 Å². The number of carboxylic acid groups (broad SMARTS) is 1. The van der Waals surface area contributed by atoms with Crippen molar-refractivity contribution in [1.82, 2.24) is 4.90 Å². The molecule has 1 atom stereocenters. The minimum Gasteiger partial charge on any atom is -0.487 e. The zero-order valence-electron chi connectivity index (χ0n) is 22.5. The van der Waals surface area contributed by atoms with Crippen LogP contribution >= 0.6 is 11.6 Å². The van der Waals surface area contributed by atoms with Crippen LogP contribution in [0.4, 0.5) is 0 Å². The summed E-state index contributed by atoms with van der Waals surface area (Å²) in [5, 5.41) is 19.8. The number of nitriles is 1. The van der Waals surface area contributed by atoms with Crippen molar-refractivity contribution in [3.8, 4) is 28.7 Å². The second-order valence-corrected chi connectivity index (χ2v) is 10.7. The van der Waals surface area contributed by atoms with Gasteiger partial charge in [0.25, 0.3) is 0 Å². The highest BCUT2D eigenvalue weighted by Gasteiger charge is 2.43. The number of rotatable bonds is 7. The summed E-state index contributed by atoms with van der Waals surface area (Å²) < 4.78 is 12.6. The highest BCUT2D eigenvalue weighted by atomic mass is 35.5. The first kappa shape index (κ1) is 27.3. The molecule has 202 valence electrons. The van der Waals surface area contributed by atoms with Crippen LogP contribution in [0, 0.1) is 18.3 Å². The topological polar surface area (TPSA) is 82.8 Å². The van der Waals surface area contributed by atoms with Crippen molar-refractivity contribution >= 4 is 17.6 Å². The van der Waals surface area contributed by atoms with Gasteiger partial charge in [0.1, 0.15) is 23.6 Å². The molecule has 7 heteroatoms. The molecule has 5 rings (SSSR count). The number of benzene rings is 4. The molecule has 0 aliphatic carbocycles. The van der Waals surface area contributed by atoms with Gasteiger partial charge < -0.3 is 14.6 Å². The van der Waals surface area contributed by atoms with Crippen molar-refractivity contribution < 1.29 is 19.4 Å². The van der Waals surface area contributed by atoms with E-state index in [0.29, 0.717) is 34.3 Å². The molecule has 0 bridgehead atoms. The molecule has 6 nitrogen and oxygen atoms in total. The number of carboxylic acids is 1. The number of carbonyl (C=O) groups is 1. The molecule has 0 saturated heterocycles. The van der Waals surface area contributed by atoms with Crippen molar-refractivity contribution in [2.24, 2.45) is 0 Å². The molecule has 0 amide bonds. The molecular weight excluding hydrogens is 524 g/mol. The summed E-state index contributed by atoms with van der Waals surface area (Å²) in [7, 11) is 0. The van der Waals surface area contributed by atoms with E-state index in [1.165, 1.54) is 0 Å². The number of fused-ring (bicyclic) bond motifs is 1. The van der Waals surface area contributed by atoms with Crippen molar-refractivity contribution in [3.05, 3.63) is 118 Å². The lowest BCUT2D eigenvalue weighted by atomic mass is 9.96. The molecule has 0 radical (unpaired) electrons. The lowest BCUT2D eigenvalue weighted by Crippen LogP contribution is -2.53. The van der Waals surface area contributed by atoms with Gasteiger partial charge in [-0.15, -0.1) is 0 Å². The molecule has 1 heterocycles. The van der Waals surface area contributed by atoms with Gasteiger partial charge in [0, 0.05) is 23.7 Å². The van der Waals surface area contributed by atoms with Crippen LogP contribution in [0.3, 0.4) is 0 Å². The Morgan fingerprint density at radius 3 is 2.58 bits per heavy atom. The maximum atomic E-state index is 12.2. The fourth-order valence-corrected chi connectivity index (χ4v) is 5.16. The van der Waals surface area contributed by atoms with Crippen molar-refractivity contribution in [2.45, 2.75) is 45.7 Å². The van der Waals surface area contributed by atoms with E-state index in [2.05, 4.69) is 31.2 Å². The van der Waals surface area contributed by atoms with E-state index in [1.54, 1.807) is 49.1 Å². The van der Waals surface area contributed by atoms with Crippen LogP contribution in [0.25, 0.3) is 11.1 Å². The third-order valence-electron chi connectivity index (χ3n) is 7.43. The van der Waals surface area contributed by atoms with E-state index in [9.17, 15) is 15.2 Å². The van der Waals surface area contributed by atoms with E-state index >= 15 is 0 Å². The minimum atomic E-state index is -1.26. The normalized spacial score (nSPS) is 15.0. The summed E-state index contributed by atoms with van der Waals surface area (Å²) in [6.45, 7) is 5.95. The molecule has 1 unspecified atom stereocenters. The largest absolute Gasteiger partial charge is 0.487 e. The number of halogens is 1. The minimum absolute atomic E-state index is 0.286. The molecule has 0 aromatic heterocycles. The second kappa shape index (κ2) is 11.1. The number of aliphatic carboxylic acids is 1. The molecule has 4 aromatic carbocycles. The quantitative estimate of drug-likeness (QED) is 0.255. The zero-order valence-corrected chi connectivity index (χ0v) is 23.3. The SMILES string of the molecule is Cc1c(COc2cc3c(cc2Cl)CN(C(C)(C)C(=O)O)C(c2cccc(C#N)c2)O3)cccc1-c1ccccc1. The molecule has 1 N–H and O–H groups in total. The molecule has 0 spiro atoms. The first-order valence-electron chi connectivity index (χ1n) is 12.9. The van der Waals surface area contributed by atoms with E-state index in [0.717, 1.165) is 27.8 Å². The third kappa shape index (κ3) is 5.27. The van der Waals surface area contributed by atoms with Gasteiger partial charge in [-0.3, -0.25) is 4.79 Å². The highest BCUT2D eigenvalue weighted by Crippen LogP contribution is 2.43. The monoisotopic (exact) mass is 552 g/mol. The molecule has 1 aliphatic heterocycles. The van der Waals surface area contributed by atoms with E-state index in [1.807, 2.05) is 36.4 Å². The predicted molar refractivity (Wildman–Crippen MR) is 154 cm³/mol. The number of nitrogens with zero attached hydrogens (tertiary/aromatic N) is 2. The summed E-state index contributed by atoms with van der Waals surface area (Å²) in [5.41, 5.74) is 5.10. The van der Waals surface area contributed by atoms with Crippen LogP contribution in [0.15, 0.2) is 84.9 Å². The van der Waals surface area contributed by atoms with Gasteiger partial charge in [-0.2, -0.15) is 5.26 Å². The Balaban J connectivity index is 1.46. The van der Waals surface area contributed by atoms with E-state index in [4.69, 9.17) is 21.1 Å². The predicted octanol–water partition coefficient (Wildman–Crippen LogP) is 7.52. The lowest BCUT2D eigenvalue weighted by Gasteiger charge is -2.44. The number of hydrogen-bond acceptors (Lipinski definition) is 5. The first-order valence-corrected chi connectivity index (χ1v) is 13.3. The summed E-state index contributed by atoms with van der Waals surface area (Å²) >= 11 is 6.66. The molecule has 40 heavy (non-hydrogen) atoms. The third-order valence-corrected chi connectivity index (χ3v) is 7.73. The molecule has 0 fully saturated rings. The Morgan fingerprint density at radius 1 is 1.10 bits per heavy atom. The fourth-order valence-electron chi connectivity index (χ4n) is 4.92. The highest BCUT2D eigenvalue weighted by molar-refractivity contribution is 6.32. The van der Waals surface area contributed by atoms with E-state index in [-0.39, 0.29) is 6.54 Å². The summed E-state index contributed by atoms with van der Waals surface area (Å²) in [6, 6.07) is 29.1. The van der Waals surface area contributed by atoms with Gasteiger partial charge in [0.05, 0.1) is 16.7 Å². The van der Waals surface area contributed by atoms with Crippen LogP contribution in [0.5, 0.6) is 11.5 Å². The van der Waals surface area contributed by atoms with Gasteiger partial charge in [-0.1, -0.05) is 72.3 Å². The Kier molecular flexibility index (Phi) is 7.53. The van der Waals surface area contributed by atoms with Crippen LogP contribution in [-0.2, 0) is 17.9 Å². The van der Waals surface area contributed by atoms with Gasteiger partial charge in [0.2, 0.25) is 0 Å². The molecule has 0 saturated carbocycles. The van der Waals surface area contributed by atoms with Crippen LogP contribution in [0.2, 0.25) is 5.02 Å². The van der Waals surface area contributed by atoms with Gasteiger partial charge in [-0.25, -0.2) is 4.90 Å². The summed E-state index contributed by atoms with van der Waals surface area (Å²) in [4.78, 5) is 14.0. The van der Waals surface area contributed by atoms with Crippen molar-refractivity contribution in [1.29, 1.82) is 5.26 Å². The zero-order chi connectivity index (χ0) is 28.4. The Morgan fingerprint density at radius 2 is 1.85 bits per heavy atom. The molecular formula is C33H29ClN2O4. The Hall–Kier alpha value is -4.31. The maximum absolute atomic E-state index is 12.2. The number of hydrogen-bond donors (Lipinski definition) is 1. The Labute approximate surface area is 239 Å². The molecule has 1 aliphatic rings. The standard InChI is InChI=1S/C33H29ClN2O4/c1-21-25(13-8-14-27(21)23-10-5-4-6-11-23)20-39-30-17-29-26(16-28(30)34)19-36(33(2,3)32(37)38)31(40-29)24-12-7-9-22(15-24)18-35/h4-17,31H,19-20H2,1-3H3,(H,37,38). The summed E-state index contributed by atoms with van der Waals surface area (Å²) in [5.74, 6) is 0.0412.